The van der Waals surface area contributed by atoms with E-state index in [1.54, 1.807) is 6.92 Å². The molecule has 1 aromatic carbocycles. The van der Waals surface area contributed by atoms with E-state index in [9.17, 15) is 10.4 Å². The number of aromatic nitrogens is 1. The Morgan fingerprint density at radius 3 is 2.79 bits per heavy atom. The Morgan fingerprint density at radius 2 is 2.11 bits per heavy atom. The van der Waals surface area contributed by atoms with E-state index < -0.39 is 0 Å². The van der Waals surface area contributed by atoms with Gasteiger partial charge in [0, 0.05) is 11.4 Å². The number of nitrogens with zero attached hydrogens (tertiary/aromatic N) is 2. The van der Waals surface area contributed by atoms with Crippen LogP contribution in [0.4, 0.5) is 5.82 Å². The second-order valence-electron chi connectivity index (χ2n) is 4.82. The molecule has 0 saturated carbocycles. The van der Waals surface area contributed by atoms with Crippen LogP contribution in [0, 0.1) is 11.3 Å². The van der Waals surface area contributed by atoms with Crippen molar-refractivity contribution in [1.29, 1.82) is 5.26 Å². The third-order valence-electron chi connectivity index (χ3n) is 2.92. The molecule has 0 radical (unpaired) electrons. The summed E-state index contributed by atoms with van der Waals surface area (Å²) in [6.45, 7) is 3.71. The Kier molecular flexibility index (Phi) is 3.98. The molecule has 1 aromatic heterocycles. The van der Waals surface area contributed by atoms with E-state index in [-0.39, 0.29) is 12.1 Å². The molecule has 19 heavy (non-hydrogen) atoms. The highest BCUT2D eigenvalue weighted by atomic mass is 16.3. The number of nitriles is 1. The maximum atomic E-state index is 9.37. The van der Waals surface area contributed by atoms with Crippen molar-refractivity contribution in [1.82, 2.24) is 4.98 Å². The summed E-state index contributed by atoms with van der Waals surface area (Å²) in [6.07, 6.45) is 0.229. The molecule has 0 aliphatic rings. The number of aliphatic hydroxyl groups is 1. The number of nitrogens with one attached hydrogen (secondary N) is 1. The largest absolute Gasteiger partial charge is 0.393 e. The number of pyridine rings is 1. The minimum absolute atomic E-state index is 0.0563. The lowest BCUT2D eigenvalue weighted by Crippen LogP contribution is -2.21. The van der Waals surface area contributed by atoms with Gasteiger partial charge in [-0.05, 0) is 32.4 Å². The summed E-state index contributed by atoms with van der Waals surface area (Å²) in [5, 5.41) is 22.7. The molecule has 4 nitrogen and oxygen atoms in total. The van der Waals surface area contributed by atoms with Gasteiger partial charge in [0.05, 0.1) is 17.2 Å². The molecule has 2 N–H and O–H groups in total. The van der Waals surface area contributed by atoms with Gasteiger partial charge in [-0.2, -0.15) is 5.26 Å². The lowest BCUT2D eigenvalue weighted by Gasteiger charge is -2.17. The van der Waals surface area contributed by atoms with Gasteiger partial charge in [-0.25, -0.2) is 4.98 Å². The van der Waals surface area contributed by atoms with Gasteiger partial charge in [-0.1, -0.05) is 18.2 Å². The van der Waals surface area contributed by atoms with Gasteiger partial charge >= 0.3 is 0 Å². The standard InChI is InChI=1S/C15H17N3O/c1-10(7-11(2)19)17-15-13(9-16)8-12-5-3-4-6-14(12)18-15/h3-6,8,10-11,19H,7H2,1-2H3,(H,17,18). The first kappa shape index (κ1) is 13.3. The average molecular weight is 255 g/mol. The fourth-order valence-corrected chi connectivity index (χ4v) is 2.12. The first-order valence-corrected chi connectivity index (χ1v) is 6.34. The molecule has 2 rings (SSSR count). The topological polar surface area (TPSA) is 68.9 Å². The first-order valence-electron chi connectivity index (χ1n) is 6.34. The summed E-state index contributed by atoms with van der Waals surface area (Å²) in [5.41, 5.74) is 1.38. The van der Waals surface area contributed by atoms with Crippen LogP contribution in [-0.2, 0) is 0 Å². The molecule has 2 atom stereocenters. The molecule has 0 amide bonds. The summed E-state index contributed by atoms with van der Waals surface area (Å²) in [5.74, 6) is 0.578. The third-order valence-corrected chi connectivity index (χ3v) is 2.92. The van der Waals surface area contributed by atoms with Gasteiger partial charge in [-0.3, -0.25) is 0 Å². The zero-order chi connectivity index (χ0) is 13.8. The minimum atomic E-state index is -0.381. The number of para-hydroxylation sites is 1. The predicted molar refractivity (Wildman–Crippen MR) is 75.8 cm³/mol. The number of rotatable bonds is 4. The zero-order valence-corrected chi connectivity index (χ0v) is 11.1. The van der Waals surface area contributed by atoms with Crippen LogP contribution in [0.15, 0.2) is 30.3 Å². The van der Waals surface area contributed by atoms with E-state index in [1.807, 2.05) is 37.3 Å². The Morgan fingerprint density at radius 1 is 1.37 bits per heavy atom. The second-order valence-corrected chi connectivity index (χ2v) is 4.82. The highest BCUT2D eigenvalue weighted by Crippen LogP contribution is 2.20. The molecule has 0 bridgehead atoms. The summed E-state index contributed by atoms with van der Waals surface area (Å²) >= 11 is 0. The Bertz CT molecular complexity index is 616. The van der Waals surface area contributed by atoms with Crippen molar-refractivity contribution in [2.45, 2.75) is 32.4 Å². The van der Waals surface area contributed by atoms with Crippen LogP contribution in [0.5, 0.6) is 0 Å². The van der Waals surface area contributed by atoms with Gasteiger partial charge in [0.15, 0.2) is 0 Å². The molecule has 98 valence electrons. The van der Waals surface area contributed by atoms with E-state index in [0.29, 0.717) is 17.8 Å². The van der Waals surface area contributed by atoms with Gasteiger partial charge in [0.25, 0.3) is 0 Å². The zero-order valence-electron chi connectivity index (χ0n) is 11.1. The monoisotopic (exact) mass is 255 g/mol. The van der Waals surface area contributed by atoms with E-state index in [2.05, 4.69) is 16.4 Å². The molecule has 4 heteroatoms. The van der Waals surface area contributed by atoms with Gasteiger partial charge in [0.1, 0.15) is 11.9 Å². The summed E-state index contributed by atoms with van der Waals surface area (Å²) in [6, 6.07) is 11.7. The van der Waals surface area contributed by atoms with Crippen LogP contribution in [-0.4, -0.2) is 22.2 Å². The molecule has 0 aliphatic carbocycles. The van der Waals surface area contributed by atoms with Crippen molar-refractivity contribution in [3.63, 3.8) is 0 Å². The Labute approximate surface area is 112 Å². The predicted octanol–water partition coefficient (Wildman–Crippen LogP) is 2.68. The van der Waals surface area contributed by atoms with Crippen LogP contribution in [0.25, 0.3) is 10.9 Å². The summed E-state index contributed by atoms with van der Waals surface area (Å²) in [7, 11) is 0. The Hall–Kier alpha value is -2.12. The average Bonchev–Trinajstić information content (AvgIpc) is 2.36. The lowest BCUT2D eigenvalue weighted by molar-refractivity contribution is 0.179. The molecule has 1 heterocycles. The van der Waals surface area contributed by atoms with Gasteiger partial charge < -0.3 is 10.4 Å². The number of aliphatic hydroxyl groups excluding tert-OH is 1. The highest BCUT2D eigenvalue weighted by Gasteiger charge is 2.11. The van der Waals surface area contributed by atoms with Gasteiger partial charge in [0.2, 0.25) is 0 Å². The molecule has 0 saturated heterocycles. The van der Waals surface area contributed by atoms with Gasteiger partial charge in [-0.15, -0.1) is 0 Å². The second kappa shape index (κ2) is 5.68. The van der Waals surface area contributed by atoms with Crippen molar-refractivity contribution in [3.8, 4) is 6.07 Å². The quantitative estimate of drug-likeness (QED) is 0.881. The number of fused-ring (bicyclic) bond motifs is 1. The van der Waals surface area contributed by atoms with Crippen LogP contribution in [0.2, 0.25) is 0 Å². The number of hydrogen-bond acceptors (Lipinski definition) is 4. The van der Waals surface area contributed by atoms with Crippen molar-refractivity contribution < 1.29 is 5.11 Å². The fourth-order valence-electron chi connectivity index (χ4n) is 2.12. The van der Waals surface area contributed by atoms with Crippen molar-refractivity contribution in [2.75, 3.05) is 5.32 Å². The van der Waals surface area contributed by atoms with Crippen molar-refractivity contribution in [2.24, 2.45) is 0 Å². The first-order chi connectivity index (χ1) is 9.10. The summed E-state index contributed by atoms with van der Waals surface area (Å²) < 4.78 is 0. The number of benzene rings is 1. The van der Waals surface area contributed by atoms with Crippen LogP contribution >= 0.6 is 0 Å². The molecule has 0 spiro atoms. The maximum Gasteiger partial charge on any atom is 0.144 e. The number of hydrogen-bond donors (Lipinski definition) is 2. The maximum absolute atomic E-state index is 9.37. The molecule has 0 aliphatic heterocycles. The molecular formula is C15H17N3O. The highest BCUT2D eigenvalue weighted by molar-refractivity contribution is 5.82. The van der Waals surface area contributed by atoms with E-state index in [1.165, 1.54) is 0 Å². The lowest BCUT2D eigenvalue weighted by atomic mass is 10.1. The molecule has 2 unspecified atom stereocenters. The van der Waals surface area contributed by atoms with Crippen molar-refractivity contribution >= 4 is 16.7 Å². The molecular weight excluding hydrogens is 238 g/mol. The van der Waals surface area contributed by atoms with Crippen LogP contribution in [0.3, 0.4) is 0 Å². The smallest absolute Gasteiger partial charge is 0.144 e. The number of anilines is 1. The van der Waals surface area contributed by atoms with E-state index in [4.69, 9.17) is 0 Å². The SMILES string of the molecule is CC(O)CC(C)Nc1nc2ccccc2cc1C#N. The van der Waals surface area contributed by atoms with E-state index >= 15 is 0 Å². The third kappa shape index (κ3) is 3.21. The molecule has 2 aromatic rings. The van der Waals surface area contributed by atoms with Crippen LogP contribution < -0.4 is 5.32 Å². The van der Waals surface area contributed by atoms with E-state index in [0.717, 1.165) is 10.9 Å². The normalized spacial score (nSPS) is 13.8. The van der Waals surface area contributed by atoms with Crippen LogP contribution in [0.1, 0.15) is 25.8 Å². The molecule has 0 fully saturated rings. The van der Waals surface area contributed by atoms with Crippen molar-refractivity contribution in [3.05, 3.63) is 35.9 Å². The minimum Gasteiger partial charge on any atom is -0.393 e. The Balaban J connectivity index is 2.34. The fraction of sp³-hybridized carbons (Fsp3) is 0.333. The summed E-state index contributed by atoms with van der Waals surface area (Å²) in [4.78, 5) is 4.48.